The van der Waals surface area contributed by atoms with Crippen molar-refractivity contribution in [3.8, 4) is 0 Å². The van der Waals surface area contributed by atoms with Crippen LogP contribution in [0.3, 0.4) is 0 Å². The standard InChI is InChI=1S/C17H22F3N3O5S2/c1-29(25,26)23-6-2-3-12(11-23)17(24)21-7-9-22(10-8-21)30(27,28)14-5-4-13(18)15(19)16(14)20/h4-5,12H,2-3,6-11H2,1H3. The number of rotatable bonds is 4. The first-order valence-electron chi connectivity index (χ1n) is 9.30. The van der Waals surface area contributed by atoms with Gasteiger partial charge in [0.25, 0.3) is 0 Å². The summed E-state index contributed by atoms with van der Waals surface area (Å²) in [5.41, 5.74) is 0. The molecule has 0 bridgehead atoms. The van der Waals surface area contributed by atoms with Crippen LogP contribution in [-0.2, 0) is 24.8 Å². The zero-order valence-corrected chi connectivity index (χ0v) is 17.9. The van der Waals surface area contributed by atoms with Crippen molar-refractivity contribution >= 4 is 26.0 Å². The van der Waals surface area contributed by atoms with Gasteiger partial charge in [-0.3, -0.25) is 4.79 Å². The molecule has 0 aliphatic carbocycles. The number of hydrogen-bond acceptors (Lipinski definition) is 5. The molecule has 1 aromatic carbocycles. The minimum atomic E-state index is -4.41. The lowest BCUT2D eigenvalue weighted by atomic mass is 9.98. The number of carbonyl (C=O) groups excluding carboxylic acids is 1. The molecule has 0 radical (unpaired) electrons. The van der Waals surface area contributed by atoms with Crippen molar-refractivity contribution in [1.82, 2.24) is 13.5 Å². The number of piperidine rings is 1. The molecule has 0 saturated carbocycles. The van der Waals surface area contributed by atoms with Crippen LogP contribution in [0.5, 0.6) is 0 Å². The molecule has 2 aliphatic rings. The van der Waals surface area contributed by atoms with Gasteiger partial charge in [-0.2, -0.15) is 4.31 Å². The minimum absolute atomic E-state index is 0.0265. The second-order valence-corrected chi connectivity index (χ2v) is 11.3. The van der Waals surface area contributed by atoms with Crippen LogP contribution in [0.4, 0.5) is 13.2 Å². The Labute approximate surface area is 173 Å². The molecule has 0 N–H and O–H groups in total. The van der Waals surface area contributed by atoms with Crippen molar-refractivity contribution in [2.75, 3.05) is 45.5 Å². The van der Waals surface area contributed by atoms with Crippen molar-refractivity contribution in [2.24, 2.45) is 5.92 Å². The third-order valence-electron chi connectivity index (χ3n) is 5.37. The van der Waals surface area contributed by atoms with Gasteiger partial charge in [0.2, 0.25) is 26.0 Å². The van der Waals surface area contributed by atoms with E-state index >= 15 is 0 Å². The van der Waals surface area contributed by atoms with Crippen molar-refractivity contribution in [3.63, 3.8) is 0 Å². The molecule has 30 heavy (non-hydrogen) atoms. The van der Waals surface area contributed by atoms with Gasteiger partial charge < -0.3 is 4.90 Å². The molecule has 0 aromatic heterocycles. The van der Waals surface area contributed by atoms with Crippen molar-refractivity contribution < 1.29 is 34.8 Å². The number of sulfonamides is 2. The molecule has 1 unspecified atom stereocenters. The van der Waals surface area contributed by atoms with E-state index in [-0.39, 0.29) is 38.6 Å². The lowest BCUT2D eigenvalue weighted by molar-refractivity contribution is -0.137. The van der Waals surface area contributed by atoms with E-state index in [0.29, 0.717) is 31.5 Å². The highest BCUT2D eigenvalue weighted by Gasteiger charge is 2.37. The Morgan fingerprint density at radius 2 is 1.57 bits per heavy atom. The number of nitrogens with zero attached hydrogens (tertiary/aromatic N) is 3. The molecule has 0 spiro atoms. The van der Waals surface area contributed by atoms with Crippen molar-refractivity contribution in [1.29, 1.82) is 0 Å². The second-order valence-electron chi connectivity index (χ2n) is 7.36. The topological polar surface area (TPSA) is 95.1 Å². The molecule has 2 aliphatic heterocycles. The summed E-state index contributed by atoms with van der Waals surface area (Å²) < 4.78 is 91.4. The van der Waals surface area contributed by atoms with Gasteiger partial charge >= 0.3 is 0 Å². The number of piperazine rings is 1. The summed E-state index contributed by atoms with van der Waals surface area (Å²) in [4.78, 5) is 13.3. The van der Waals surface area contributed by atoms with E-state index in [4.69, 9.17) is 0 Å². The highest BCUT2D eigenvalue weighted by Crippen LogP contribution is 2.25. The Morgan fingerprint density at radius 3 is 2.17 bits per heavy atom. The van der Waals surface area contributed by atoms with E-state index < -0.39 is 48.3 Å². The van der Waals surface area contributed by atoms with Crippen molar-refractivity contribution in [2.45, 2.75) is 17.7 Å². The van der Waals surface area contributed by atoms with Crippen LogP contribution in [0.15, 0.2) is 17.0 Å². The largest absolute Gasteiger partial charge is 0.340 e. The molecule has 13 heteroatoms. The molecular weight excluding hydrogens is 447 g/mol. The number of halogens is 3. The molecule has 1 atom stereocenters. The second kappa shape index (κ2) is 8.44. The SMILES string of the molecule is CS(=O)(=O)N1CCCC(C(=O)N2CCN(S(=O)(=O)c3ccc(F)c(F)c3F)CC2)C1. The first kappa shape index (κ1) is 23.0. The summed E-state index contributed by atoms with van der Waals surface area (Å²) in [6.07, 6.45) is 2.16. The summed E-state index contributed by atoms with van der Waals surface area (Å²) in [6, 6.07) is 1.21. The van der Waals surface area contributed by atoms with E-state index in [1.807, 2.05) is 0 Å². The Hall–Kier alpha value is -1.70. The van der Waals surface area contributed by atoms with E-state index in [0.717, 1.165) is 10.6 Å². The maximum absolute atomic E-state index is 14.0. The van der Waals surface area contributed by atoms with E-state index in [1.165, 1.54) is 9.21 Å². The Bertz CT molecular complexity index is 1040. The summed E-state index contributed by atoms with van der Waals surface area (Å²) in [5.74, 6) is -5.91. The maximum atomic E-state index is 14.0. The number of benzene rings is 1. The summed E-state index contributed by atoms with van der Waals surface area (Å²) in [7, 11) is -7.82. The smallest absolute Gasteiger partial charge is 0.246 e. The van der Waals surface area contributed by atoms with E-state index in [2.05, 4.69) is 0 Å². The van der Waals surface area contributed by atoms with Gasteiger partial charge in [-0.1, -0.05) is 0 Å². The van der Waals surface area contributed by atoms with Gasteiger partial charge in [-0.25, -0.2) is 34.3 Å². The average Bonchev–Trinajstić information content (AvgIpc) is 2.71. The van der Waals surface area contributed by atoms with E-state index in [9.17, 15) is 34.8 Å². The zero-order chi connectivity index (χ0) is 22.3. The lowest BCUT2D eigenvalue weighted by Crippen LogP contribution is -2.54. The third kappa shape index (κ3) is 4.48. The average molecular weight is 470 g/mol. The van der Waals surface area contributed by atoms with Gasteiger partial charge in [0.1, 0.15) is 4.90 Å². The minimum Gasteiger partial charge on any atom is -0.340 e. The highest BCUT2D eigenvalue weighted by molar-refractivity contribution is 7.89. The summed E-state index contributed by atoms with van der Waals surface area (Å²) in [5, 5.41) is 0. The molecule has 1 amide bonds. The van der Waals surface area contributed by atoms with Gasteiger partial charge in [0.15, 0.2) is 17.5 Å². The molecular formula is C17H22F3N3O5S2. The zero-order valence-electron chi connectivity index (χ0n) is 16.2. The van der Waals surface area contributed by atoms with Crippen LogP contribution in [0.25, 0.3) is 0 Å². The first-order valence-corrected chi connectivity index (χ1v) is 12.6. The number of amides is 1. The lowest BCUT2D eigenvalue weighted by Gasteiger charge is -2.38. The fourth-order valence-corrected chi connectivity index (χ4v) is 6.09. The molecule has 2 fully saturated rings. The van der Waals surface area contributed by atoms with Crippen molar-refractivity contribution in [3.05, 3.63) is 29.6 Å². The van der Waals surface area contributed by atoms with Crippen LogP contribution >= 0.6 is 0 Å². The van der Waals surface area contributed by atoms with Gasteiger partial charge in [0.05, 0.1) is 12.2 Å². The highest BCUT2D eigenvalue weighted by atomic mass is 32.2. The van der Waals surface area contributed by atoms with Crippen LogP contribution in [0.1, 0.15) is 12.8 Å². The summed E-state index contributed by atoms with van der Waals surface area (Å²) >= 11 is 0. The first-order chi connectivity index (χ1) is 13.9. The maximum Gasteiger partial charge on any atom is 0.246 e. The fraction of sp³-hybridized carbons (Fsp3) is 0.588. The molecule has 3 rings (SSSR count). The third-order valence-corrected chi connectivity index (χ3v) is 8.56. The molecule has 8 nitrogen and oxygen atoms in total. The summed E-state index contributed by atoms with van der Waals surface area (Å²) in [6.45, 7) is 0.201. The van der Waals surface area contributed by atoms with Gasteiger partial charge in [-0.05, 0) is 25.0 Å². The van der Waals surface area contributed by atoms with Gasteiger partial charge in [-0.15, -0.1) is 0 Å². The predicted molar refractivity (Wildman–Crippen MR) is 101 cm³/mol. The molecule has 2 saturated heterocycles. The van der Waals surface area contributed by atoms with Crippen LogP contribution in [0.2, 0.25) is 0 Å². The quantitative estimate of drug-likeness (QED) is 0.603. The fourth-order valence-electron chi connectivity index (χ4n) is 3.70. The predicted octanol–water partition coefficient (Wildman–Crippen LogP) is 0.608. The van der Waals surface area contributed by atoms with Crippen LogP contribution < -0.4 is 0 Å². The normalized spacial score (nSPS) is 22.3. The van der Waals surface area contributed by atoms with E-state index in [1.54, 1.807) is 0 Å². The number of carbonyl (C=O) groups is 1. The molecule has 168 valence electrons. The Balaban J connectivity index is 1.67. The molecule has 2 heterocycles. The molecule has 1 aromatic rings. The van der Waals surface area contributed by atoms with Gasteiger partial charge in [0, 0.05) is 39.3 Å². The Morgan fingerprint density at radius 1 is 0.933 bits per heavy atom. The number of hydrogen-bond donors (Lipinski definition) is 0. The Kier molecular flexibility index (Phi) is 6.46. The van der Waals surface area contributed by atoms with Crippen LogP contribution in [-0.4, -0.2) is 81.8 Å². The van der Waals surface area contributed by atoms with Crippen LogP contribution in [0, 0.1) is 23.4 Å². The monoisotopic (exact) mass is 469 g/mol.